The second-order valence-corrected chi connectivity index (χ2v) is 5.97. The molecule has 1 saturated carbocycles. The fourth-order valence-electron chi connectivity index (χ4n) is 1.74. The third-order valence-electron chi connectivity index (χ3n) is 2.98. The first-order valence-electron chi connectivity index (χ1n) is 6.39. The Morgan fingerprint density at radius 1 is 1.39 bits per heavy atom. The summed E-state index contributed by atoms with van der Waals surface area (Å²) in [6.45, 7) is 5.29. The van der Waals surface area contributed by atoms with Gasteiger partial charge >= 0.3 is 12.1 Å². The van der Waals surface area contributed by atoms with Crippen LogP contribution in [0.2, 0.25) is 0 Å². The van der Waals surface area contributed by atoms with Gasteiger partial charge in [-0.3, -0.25) is 4.90 Å². The molecule has 0 aromatic heterocycles. The lowest BCUT2D eigenvalue weighted by molar-refractivity contribution is -0.143. The van der Waals surface area contributed by atoms with Crippen LogP contribution in [-0.2, 0) is 9.53 Å². The number of hydrogen-bond donors (Lipinski definition) is 1. The molecule has 0 aromatic carbocycles. The van der Waals surface area contributed by atoms with Crippen LogP contribution in [0, 0.1) is 5.92 Å². The van der Waals surface area contributed by atoms with Crippen molar-refractivity contribution in [3.8, 4) is 0 Å². The van der Waals surface area contributed by atoms with E-state index in [0.717, 1.165) is 6.42 Å². The molecule has 1 rings (SSSR count). The summed E-state index contributed by atoms with van der Waals surface area (Å²) in [7, 11) is 1.49. The maximum absolute atomic E-state index is 11.8. The summed E-state index contributed by atoms with van der Waals surface area (Å²) in [5.74, 6) is -0.317. The highest BCUT2D eigenvalue weighted by atomic mass is 16.6. The molecule has 104 valence electrons. The molecule has 1 aliphatic rings. The highest BCUT2D eigenvalue weighted by Crippen LogP contribution is 2.34. The van der Waals surface area contributed by atoms with Crippen LogP contribution >= 0.6 is 0 Å². The van der Waals surface area contributed by atoms with Gasteiger partial charge in [0.15, 0.2) is 0 Å². The van der Waals surface area contributed by atoms with Crippen LogP contribution in [0.25, 0.3) is 0 Å². The number of nitrogens with zero attached hydrogens (tertiary/aromatic N) is 1. The van der Waals surface area contributed by atoms with Crippen LogP contribution in [0.15, 0.2) is 0 Å². The lowest BCUT2D eigenvalue weighted by Crippen LogP contribution is -2.44. The number of rotatable bonds is 5. The molecule has 18 heavy (non-hydrogen) atoms. The maximum atomic E-state index is 11.8. The number of likely N-dealkylation sites (N-methyl/N-ethyl adjacent to an activating group) is 1. The van der Waals surface area contributed by atoms with E-state index in [1.165, 1.54) is 24.8 Å². The molecule has 1 amide bonds. The van der Waals surface area contributed by atoms with E-state index < -0.39 is 23.7 Å². The first-order chi connectivity index (χ1) is 8.20. The van der Waals surface area contributed by atoms with Crippen molar-refractivity contribution < 1.29 is 19.4 Å². The predicted molar refractivity (Wildman–Crippen MR) is 67.4 cm³/mol. The van der Waals surface area contributed by atoms with E-state index in [9.17, 15) is 14.7 Å². The Kier molecular flexibility index (Phi) is 4.59. The molecular weight excluding hydrogens is 234 g/mol. The SMILES string of the molecule is CN(C(=O)OC(C)(C)C)C(CCC1CC1)C(=O)O. The Hall–Kier alpha value is -1.26. The molecule has 1 N–H and O–H groups in total. The Bertz CT molecular complexity index is 317. The number of carbonyl (C=O) groups excluding carboxylic acids is 1. The lowest BCUT2D eigenvalue weighted by atomic mass is 10.1. The molecule has 1 atom stereocenters. The fourth-order valence-corrected chi connectivity index (χ4v) is 1.74. The van der Waals surface area contributed by atoms with Crippen LogP contribution in [0.4, 0.5) is 4.79 Å². The van der Waals surface area contributed by atoms with Gasteiger partial charge in [-0.05, 0) is 39.5 Å². The zero-order chi connectivity index (χ0) is 13.9. The van der Waals surface area contributed by atoms with Gasteiger partial charge in [0.25, 0.3) is 0 Å². The van der Waals surface area contributed by atoms with E-state index >= 15 is 0 Å². The van der Waals surface area contributed by atoms with Gasteiger partial charge in [0.05, 0.1) is 0 Å². The van der Waals surface area contributed by atoms with E-state index in [2.05, 4.69) is 0 Å². The standard InChI is InChI=1S/C13H23NO4/c1-13(2,3)18-12(17)14(4)10(11(15)16)8-7-9-5-6-9/h9-10H,5-8H2,1-4H3,(H,15,16). The fraction of sp³-hybridized carbons (Fsp3) is 0.846. The van der Waals surface area contributed by atoms with Crippen LogP contribution < -0.4 is 0 Å². The second kappa shape index (κ2) is 5.59. The van der Waals surface area contributed by atoms with Crippen molar-refractivity contribution in [2.75, 3.05) is 7.05 Å². The van der Waals surface area contributed by atoms with Gasteiger partial charge in [-0.25, -0.2) is 9.59 Å². The predicted octanol–water partition coefficient (Wildman–Crippen LogP) is 2.50. The molecule has 5 heteroatoms. The van der Waals surface area contributed by atoms with Crippen LogP contribution in [-0.4, -0.2) is 40.8 Å². The Labute approximate surface area is 108 Å². The molecule has 1 unspecified atom stereocenters. The largest absolute Gasteiger partial charge is 0.480 e. The summed E-state index contributed by atoms with van der Waals surface area (Å²) in [5, 5.41) is 9.17. The summed E-state index contributed by atoms with van der Waals surface area (Å²) < 4.78 is 5.18. The number of ether oxygens (including phenoxy) is 1. The molecule has 1 aliphatic carbocycles. The van der Waals surface area contributed by atoms with E-state index in [1.54, 1.807) is 20.8 Å². The van der Waals surface area contributed by atoms with Crippen molar-refractivity contribution in [2.45, 2.75) is 58.1 Å². The average Bonchev–Trinajstić information content (AvgIpc) is 2.98. The summed E-state index contributed by atoms with van der Waals surface area (Å²) in [5.41, 5.74) is -0.606. The minimum atomic E-state index is -0.969. The van der Waals surface area contributed by atoms with Gasteiger partial charge in [-0.2, -0.15) is 0 Å². The molecular formula is C13H23NO4. The minimum Gasteiger partial charge on any atom is -0.480 e. The molecule has 0 bridgehead atoms. The van der Waals surface area contributed by atoms with Crippen LogP contribution in [0.1, 0.15) is 46.5 Å². The first-order valence-corrected chi connectivity index (χ1v) is 6.39. The third-order valence-corrected chi connectivity index (χ3v) is 2.98. The zero-order valence-electron chi connectivity index (χ0n) is 11.6. The quantitative estimate of drug-likeness (QED) is 0.821. The number of carbonyl (C=O) groups is 2. The second-order valence-electron chi connectivity index (χ2n) is 5.97. The summed E-state index contributed by atoms with van der Waals surface area (Å²) in [6.07, 6.45) is 3.15. The Balaban J connectivity index is 2.54. The van der Waals surface area contributed by atoms with Crippen molar-refractivity contribution in [3.63, 3.8) is 0 Å². The maximum Gasteiger partial charge on any atom is 0.410 e. The number of aliphatic carboxylic acids is 1. The third kappa shape index (κ3) is 4.94. The number of carboxylic acid groups (broad SMARTS) is 1. The summed E-state index contributed by atoms with van der Waals surface area (Å²) >= 11 is 0. The van der Waals surface area contributed by atoms with Crippen molar-refractivity contribution in [1.82, 2.24) is 4.90 Å². The molecule has 5 nitrogen and oxygen atoms in total. The van der Waals surface area contributed by atoms with Crippen LogP contribution in [0.5, 0.6) is 0 Å². The van der Waals surface area contributed by atoms with Crippen molar-refractivity contribution in [2.24, 2.45) is 5.92 Å². The normalized spacial score (nSPS) is 17.1. The highest BCUT2D eigenvalue weighted by Gasteiger charge is 2.32. The van der Waals surface area contributed by atoms with Gasteiger partial charge in [0.2, 0.25) is 0 Å². The molecule has 0 saturated heterocycles. The minimum absolute atomic E-state index is 0.496. The van der Waals surface area contributed by atoms with E-state index in [-0.39, 0.29) is 0 Å². The molecule has 0 aliphatic heterocycles. The number of amides is 1. The van der Waals surface area contributed by atoms with Gasteiger partial charge in [-0.15, -0.1) is 0 Å². The smallest absolute Gasteiger partial charge is 0.410 e. The van der Waals surface area contributed by atoms with Crippen molar-refractivity contribution >= 4 is 12.1 Å². The molecule has 0 radical (unpaired) electrons. The van der Waals surface area contributed by atoms with Gasteiger partial charge in [0, 0.05) is 7.05 Å². The topological polar surface area (TPSA) is 66.8 Å². The molecule has 0 aromatic rings. The van der Waals surface area contributed by atoms with Crippen LogP contribution in [0.3, 0.4) is 0 Å². The highest BCUT2D eigenvalue weighted by molar-refractivity contribution is 5.79. The van der Waals surface area contributed by atoms with Crippen molar-refractivity contribution in [1.29, 1.82) is 0 Å². The molecule has 0 heterocycles. The zero-order valence-corrected chi connectivity index (χ0v) is 11.6. The lowest BCUT2D eigenvalue weighted by Gasteiger charge is -2.28. The molecule has 1 fully saturated rings. The van der Waals surface area contributed by atoms with Gasteiger partial charge < -0.3 is 9.84 Å². The Morgan fingerprint density at radius 3 is 2.33 bits per heavy atom. The average molecular weight is 257 g/mol. The van der Waals surface area contributed by atoms with E-state index in [1.807, 2.05) is 0 Å². The van der Waals surface area contributed by atoms with Crippen molar-refractivity contribution in [3.05, 3.63) is 0 Å². The van der Waals surface area contributed by atoms with Gasteiger partial charge in [-0.1, -0.05) is 12.8 Å². The van der Waals surface area contributed by atoms with E-state index in [0.29, 0.717) is 12.3 Å². The summed E-state index contributed by atoms with van der Waals surface area (Å²) in [4.78, 5) is 24.2. The van der Waals surface area contributed by atoms with Gasteiger partial charge in [0.1, 0.15) is 11.6 Å². The summed E-state index contributed by atoms with van der Waals surface area (Å²) in [6, 6.07) is -0.791. The number of hydrogen-bond acceptors (Lipinski definition) is 3. The Morgan fingerprint density at radius 2 is 1.94 bits per heavy atom. The van der Waals surface area contributed by atoms with E-state index in [4.69, 9.17) is 4.74 Å². The first kappa shape index (κ1) is 14.8. The molecule has 0 spiro atoms. The monoisotopic (exact) mass is 257 g/mol. The number of carboxylic acids is 1.